The molecule has 0 aromatic rings. The molecule has 2 atom stereocenters. The Morgan fingerprint density at radius 3 is 2.33 bits per heavy atom. The van der Waals surface area contributed by atoms with Crippen LogP contribution in [0.2, 0.25) is 0 Å². The molecule has 1 saturated carbocycles. The van der Waals surface area contributed by atoms with Crippen molar-refractivity contribution >= 4 is 12.4 Å². The monoisotopic (exact) mass is 189 g/mol. The van der Waals surface area contributed by atoms with Gasteiger partial charge in [0.05, 0.1) is 0 Å². The molecule has 2 aliphatic rings. The molecule has 0 aromatic carbocycles. The summed E-state index contributed by atoms with van der Waals surface area (Å²) >= 11 is 0. The average Bonchev–Trinajstić information content (AvgIpc) is 1.83. The molecule has 1 N–H and O–H groups in total. The van der Waals surface area contributed by atoms with Crippen LogP contribution in [0.4, 0.5) is 0 Å². The topological polar surface area (TPSA) is 12.0 Å². The van der Waals surface area contributed by atoms with Crippen molar-refractivity contribution < 1.29 is 0 Å². The molecular weight excluding hydrogens is 170 g/mol. The van der Waals surface area contributed by atoms with Gasteiger partial charge in [-0.05, 0) is 37.3 Å². The predicted molar refractivity (Wildman–Crippen MR) is 54.7 cm³/mol. The Hall–Kier alpha value is 0.250. The molecule has 0 aromatic heterocycles. The number of nitrogens with one attached hydrogen (secondary N) is 1. The van der Waals surface area contributed by atoms with Gasteiger partial charge in [0.25, 0.3) is 0 Å². The van der Waals surface area contributed by atoms with E-state index >= 15 is 0 Å². The summed E-state index contributed by atoms with van der Waals surface area (Å²) in [6.07, 6.45) is 5.99. The first kappa shape index (κ1) is 10.3. The molecule has 0 radical (unpaired) electrons. The summed E-state index contributed by atoms with van der Waals surface area (Å²) in [6.45, 7) is 5.02. The Morgan fingerprint density at radius 2 is 1.83 bits per heavy atom. The van der Waals surface area contributed by atoms with Crippen LogP contribution in [-0.2, 0) is 0 Å². The standard InChI is InChI=1S/C10H19N.ClH/c1-8-3-2-4-9(5-8)10-6-11-7-10;/h8-11H,2-7H2,1H3;1H. The van der Waals surface area contributed by atoms with E-state index in [0.717, 1.165) is 17.8 Å². The molecule has 1 aliphatic heterocycles. The SMILES string of the molecule is CC1CCCC(C2CNC2)C1.Cl. The van der Waals surface area contributed by atoms with E-state index in [9.17, 15) is 0 Å². The van der Waals surface area contributed by atoms with Crippen LogP contribution in [0.3, 0.4) is 0 Å². The highest BCUT2D eigenvalue weighted by atomic mass is 35.5. The van der Waals surface area contributed by atoms with E-state index in [1.54, 1.807) is 0 Å². The Kier molecular flexibility index (Phi) is 3.85. The highest BCUT2D eigenvalue weighted by Gasteiger charge is 2.29. The average molecular weight is 190 g/mol. The fourth-order valence-corrected chi connectivity index (χ4v) is 2.55. The van der Waals surface area contributed by atoms with Crippen molar-refractivity contribution in [2.24, 2.45) is 17.8 Å². The van der Waals surface area contributed by atoms with Crippen LogP contribution in [0.25, 0.3) is 0 Å². The predicted octanol–water partition coefficient (Wildman–Crippen LogP) is 2.45. The maximum absolute atomic E-state index is 3.37. The van der Waals surface area contributed by atoms with Crippen molar-refractivity contribution in [3.05, 3.63) is 0 Å². The minimum Gasteiger partial charge on any atom is -0.316 e. The van der Waals surface area contributed by atoms with E-state index in [1.807, 2.05) is 0 Å². The van der Waals surface area contributed by atoms with Crippen molar-refractivity contribution in [1.29, 1.82) is 0 Å². The Labute approximate surface area is 81.7 Å². The van der Waals surface area contributed by atoms with Crippen LogP contribution < -0.4 is 5.32 Å². The molecule has 72 valence electrons. The van der Waals surface area contributed by atoms with Crippen molar-refractivity contribution in [3.8, 4) is 0 Å². The first-order valence-corrected chi connectivity index (χ1v) is 5.07. The third-order valence-corrected chi connectivity index (χ3v) is 3.46. The van der Waals surface area contributed by atoms with Crippen molar-refractivity contribution in [3.63, 3.8) is 0 Å². The van der Waals surface area contributed by atoms with Crippen LogP contribution >= 0.6 is 12.4 Å². The van der Waals surface area contributed by atoms with E-state index in [1.165, 1.54) is 38.8 Å². The third-order valence-electron chi connectivity index (χ3n) is 3.46. The molecule has 0 amide bonds. The quantitative estimate of drug-likeness (QED) is 0.669. The van der Waals surface area contributed by atoms with Gasteiger partial charge in [-0.15, -0.1) is 12.4 Å². The van der Waals surface area contributed by atoms with Crippen LogP contribution in [-0.4, -0.2) is 13.1 Å². The molecule has 0 spiro atoms. The largest absolute Gasteiger partial charge is 0.316 e. The van der Waals surface area contributed by atoms with E-state index < -0.39 is 0 Å². The lowest BCUT2D eigenvalue weighted by Gasteiger charge is -2.38. The Balaban J connectivity index is 0.000000720. The van der Waals surface area contributed by atoms with Crippen LogP contribution in [0.1, 0.15) is 32.6 Å². The Morgan fingerprint density at radius 1 is 1.08 bits per heavy atom. The van der Waals surface area contributed by atoms with E-state index in [0.29, 0.717) is 0 Å². The molecule has 0 bridgehead atoms. The lowest BCUT2D eigenvalue weighted by Crippen LogP contribution is -2.47. The second kappa shape index (κ2) is 4.48. The zero-order valence-electron chi connectivity index (χ0n) is 7.88. The molecule has 1 nitrogen and oxygen atoms in total. The highest BCUT2D eigenvalue weighted by molar-refractivity contribution is 5.85. The highest BCUT2D eigenvalue weighted by Crippen LogP contribution is 2.34. The van der Waals surface area contributed by atoms with Gasteiger partial charge in [-0.2, -0.15) is 0 Å². The smallest absolute Gasteiger partial charge is 0.000559 e. The summed E-state index contributed by atoms with van der Waals surface area (Å²) in [7, 11) is 0. The van der Waals surface area contributed by atoms with Crippen LogP contribution in [0, 0.1) is 17.8 Å². The summed E-state index contributed by atoms with van der Waals surface area (Å²) in [5.74, 6) is 3.12. The van der Waals surface area contributed by atoms with Crippen molar-refractivity contribution in [2.75, 3.05) is 13.1 Å². The number of hydrogen-bond acceptors (Lipinski definition) is 1. The second-order valence-corrected chi connectivity index (χ2v) is 4.45. The molecule has 2 heteroatoms. The van der Waals surface area contributed by atoms with E-state index in [2.05, 4.69) is 12.2 Å². The molecule has 2 fully saturated rings. The van der Waals surface area contributed by atoms with Gasteiger partial charge in [-0.1, -0.05) is 26.2 Å². The van der Waals surface area contributed by atoms with Crippen molar-refractivity contribution in [1.82, 2.24) is 5.32 Å². The normalized spacial score (nSPS) is 36.8. The molecule has 1 aliphatic carbocycles. The summed E-state index contributed by atoms with van der Waals surface area (Å²) in [4.78, 5) is 0. The maximum Gasteiger partial charge on any atom is -0.000559 e. The number of hydrogen-bond donors (Lipinski definition) is 1. The summed E-state index contributed by atoms with van der Waals surface area (Å²) in [5, 5.41) is 3.37. The first-order valence-electron chi connectivity index (χ1n) is 5.07. The van der Waals surface area contributed by atoms with Gasteiger partial charge < -0.3 is 5.32 Å². The van der Waals surface area contributed by atoms with Gasteiger partial charge in [0.2, 0.25) is 0 Å². The van der Waals surface area contributed by atoms with Gasteiger partial charge in [-0.25, -0.2) is 0 Å². The first-order chi connectivity index (χ1) is 5.36. The fourth-order valence-electron chi connectivity index (χ4n) is 2.55. The molecule has 12 heavy (non-hydrogen) atoms. The molecule has 1 heterocycles. The van der Waals surface area contributed by atoms with Crippen LogP contribution in [0.15, 0.2) is 0 Å². The second-order valence-electron chi connectivity index (χ2n) is 4.45. The maximum atomic E-state index is 3.37. The van der Waals surface area contributed by atoms with E-state index in [4.69, 9.17) is 0 Å². The van der Waals surface area contributed by atoms with Gasteiger partial charge in [0, 0.05) is 0 Å². The molecular formula is C10H20ClN. The van der Waals surface area contributed by atoms with Crippen LogP contribution in [0.5, 0.6) is 0 Å². The summed E-state index contributed by atoms with van der Waals surface area (Å²) in [6, 6.07) is 0. The molecule has 2 unspecified atom stereocenters. The third kappa shape index (κ3) is 2.14. The zero-order chi connectivity index (χ0) is 7.68. The zero-order valence-corrected chi connectivity index (χ0v) is 8.70. The molecule has 2 rings (SSSR count). The lowest BCUT2D eigenvalue weighted by atomic mass is 9.74. The lowest BCUT2D eigenvalue weighted by molar-refractivity contribution is 0.156. The number of halogens is 1. The number of rotatable bonds is 1. The molecule has 1 saturated heterocycles. The minimum absolute atomic E-state index is 0. The van der Waals surface area contributed by atoms with Gasteiger partial charge in [0.1, 0.15) is 0 Å². The Bertz CT molecular complexity index is 134. The summed E-state index contributed by atoms with van der Waals surface area (Å²) < 4.78 is 0. The minimum atomic E-state index is 0. The van der Waals surface area contributed by atoms with E-state index in [-0.39, 0.29) is 12.4 Å². The van der Waals surface area contributed by atoms with Gasteiger partial charge >= 0.3 is 0 Å². The van der Waals surface area contributed by atoms with Crippen molar-refractivity contribution in [2.45, 2.75) is 32.6 Å². The van der Waals surface area contributed by atoms with Gasteiger partial charge in [0.15, 0.2) is 0 Å². The van der Waals surface area contributed by atoms with Gasteiger partial charge in [-0.3, -0.25) is 0 Å². The fraction of sp³-hybridized carbons (Fsp3) is 1.00. The summed E-state index contributed by atoms with van der Waals surface area (Å²) in [5.41, 5.74) is 0.